The number of benzene rings is 3. The van der Waals surface area contributed by atoms with Crippen LogP contribution in [0.25, 0.3) is 34.2 Å². The Morgan fingerprint density at radius 2 is 1.12 bits per heavy atom. The van der Waals surface area contributed by atoms with E-state index in [0.717, 1.165) is 11.1 Å². The van der Waals surface area contributed by atoms with Gasteiger partial charge in [-0.2, -0.15) is 0 Å². The third-order valence-electron chi connectivity index (χ3n) is 4.12. The fourth-order valence-corrected chi connectivity index (χ4v) is 2.71. The Morgan fingerprint density at radius 3 is 1.77 bits per heavy atom. The number of hydrogen-bond donors (Lipinski definition) is 1. The van der Waals surface area contributed by atoms with E-state index < -0.39 is 0 Å². The van der Waals surface area contributed by atoms with Crippen molar-refractivity contribution in [1.29, 1.82) is 0 Å². The molecular formula is C22H17N3O. The quantitative estimate of drug-likeness (QED) is 0.577. The molecule has 0 atom stereocenters. The Morgan fingerprint density at radius 1 is 0.577 bits per heavy atom. The monoisotopic (exact) mass is 339 g/mol. The molecule has 1 aromatic heterocycles. The first kappa shape index (κ1) is 16.0. The molecule has 0 amide bonds. The molecule has 0 fully saturated rings. The maximum Gasteiger partial charge on any atom is 0.167 e. The highest BCUT2D eigenvalue weighted by Crippen LogP contribution is 2.29. The minimum atomic E-state index is 0.146. The lowest BCUT2D eigenvalue weighted by atomic mass is 10.1. The molecule has 0 aliphatic carbocycles. The molecule has 0 unspecified atom stereocenters. The first-order valence-corrected chi connectivity index (χ1v) is 8.37. The van der Waals surface area contributed by atoms with Gasteiger partial charge in [-0.15, -0.1) is 0 Å². The smallest absolute Gasteiger partial charge is 0.167 e. The van der Waals surface area contributed by atoms with Crippen LogP contribution in [0, 0.1) is 6.92 Å². The van der Waals surface area contributed by atoms with Crippen molar-refractivity contribution in [3.8, 4) is 39.9 Å². The fraction of sp³-hybridized carbons (Fsp3) is 0.0455. The minimum absolute atomic E-state index is 0.146. The van der Waals surface area contributed by atoms with Crippen molar-refractivity contribution in [2.75, 3.05) is 0 Å². The van der Waals surface area contributed by atoms with Crippen molar-refractivity contribution in [1.82, 2.24) is 15.0 Å². The van der Waals surface area contributed by atoms with Gasteiger partial charge >= 0.3 is 0 Å². The van der Waals surface area contributed by atoms with Crippen LogP contribution in [0.2, 0.25) is 0 Å². The van der Waals surface area contributed by atoms with Crippen LogP contribution in [0.4, 0.5) is 0 Å². The van der Waals surface area contributed by atoms with E-state index in [1.807, 2.05) is 67.6 Å². The highest BCUT2D eigenvalue weighted by Gasteiger charge is 2.13. The van der Waals surface area contributed by atoms with Crippen LogP contribution in [0.1, 0.15) is 5.56 Å². The number of aromatic nitrogens is 3. The largest absolute Gasteiger partial charge is 0.507 e. The van der Waals surface area contributed by atoms with E-state index in [-0.39, 0.29) is 5.75 Å². The Labute approximate surface area is 151 Å². The van der Waals surface area contributed by atoms with E-state index in [0.29, 0.717) is 23.0 Å². The van der Waals surface area contributed by atoms with Crippen LogP contribution in [-0.4, -0.2) is 20.1 Å². The summed E-state index contributed by atoms with van der Waals surface area (Å²) in [5, 5.41) is 10.2. The molecule has 0 radical (unpaired) electrons. The molecule has 4 aromatic rings. The molecule has 0 aliphatic heterocycles. The minimum Gasteiger partial charge on any atom is -0.507 e. The van der Waals surface area contributed by atoms with E-state index in [2.05, 4.69) is 15.0 Å². The average molecular weight is 339 g/mol. The van der Waals surface area contributed by atoms with Gasteiger partial charge < -0.3 is 5.11 Å². The fourth-order valence-electron chi connectivity index (χ4n) is 2.71. The summed E-state index contributed by atoms with van der Waals surface area (Å²) in [6.45, 7) is 2.04. The van der Waals surface area contributed by atoms with Gasteiger partial charge in [0.15, 0.2) is 17.5 Å². The van der Waals surface area contributed by atoms with Gasteiger partial charge in [0.1, 0.15) is 5.75 Å². The zero-order chi connectivity index (χ0) is 17.9. The first-order chi connectivity index (χ1) is 12.7. The van der Waals surface area contributed by atoms with Crippen molar-refractivity contribution < 1.29 is 5.11 Å². The third-order valence-corrected chi connectivity index (χ3v) is 4.12. The molecule has 0 saturated heterocycles. The van der Waals surface area contributed by atoms with Crippen molar-refractivity contribution in [2.45, 2.75) is 6.92 Å². The van der Waals surface area contributed by atoms with Crippen molar-refractivity contribution in [3.63, 3.8) is 0 Å². The molecule has 3 aromatic carbocycles. The molecule has 4 nitrogen and oxygen atoms in total. The molecule has 0 bridgehead atoms. The van der Waals surface area contributed by atoms with Crippen LogP contribution in [0.15, 0.2) is 78.9 Å². The summed E-state index contributed by atoms with van der Waals surface area (Å²) in [5.41, 5.74) is 3.57. The molecule has 1 heterocycles. The second-order valence-corrected chi connectivity index (χ2v) is 6.06. The lowest BCUT2D eigenvalue weighted by Crippen LogP contribution is -2.00. The molecule has 26 heavy (non-hydrogen) atoms. The maximum atomic E-state index is 10.2. The molecule has 4 heteroatoms. The van der Waals surface area contributed by atoms with Crippen LogP contribution in [0.3, 0.4) is 0 Å². The standard InChI is InChI=1S/C22H17N3O/c1-15-11-13-17(14-12-15)21-23-20(16-7-3-2-4-8-16)24-22(25-21)18-9-5-6-10-19(18)26/h2-14,26H,1H3. The number of hydrogen-bond acceptors (Lipinski definition) is 4. The van der Waals surface area contributed by atoms with Gasteiger partial charge in [-0.05, 0) is 19.1 Å². The van der Waals surface area contributed by atoms with Gasteiger partial charge in [0.25, 0.3) is 0 Å². The van der Waals surface area contributed by atoms with Gasteiger partial charge in [-0.3, -0.25) is 0 Å². The second-order valence-electron chi connectivity index (χ2n) is 6.06. The van der Waals surface area contributed by atoms with Gasteiger partial charge in [-0.1, -0.05) is 72.3 Å². The van der Waals surface area contributed by atoms with Crippen LogP contribution in [-0.2, 0) is 0 Å². The molecule has 0 spiro atoms. The summed E-state index contributed by atoms with van der Waals surface area (Å²) in [4.78, 5) is 13.9. The van der Waals surface area contributed by atoms with Crippen molar-refractivity contribution >= 4 is 0 Å². The van der Waals surface area contributed by atoms with E-state index in [4.69, 9.17) is 0 Å². The maximum absolute atomic E-state index is 10.2. The Bertz CT molecular complexity index is 1040. The zero-order valence-corrected chi connectivity index (χ0v) is 14.3. The third kappa shape index (κ3) is 3.17. The number of rotatable bonds is 3. The molecule has 0 aliphatic rings. The zero-order valence-electron chi connectivity index (χ0n) is 14.3. The predicted molar refractivity (Wildman–Crippen MR) is 103 cm³/mol. The topological polar surface area (TPSA) is 58.9 Å². The summed E-state index contributed by atoms with van der Waals surface area (Å²) in [6.07, 6.45) is 0. The average Bonchev–Trinajstić information content (AvgIpc) is 2.69. The Kier molecular flexibility index (Phi) is 4.15. The molecule has 126 valence electrons. The summed E-state index contributed by atoms with van der Waals surface area (Å²) in [7, 11) is 0. The SMILES string of the molecule is Cc1ccc(-c2nc(-c3ccccc3)nc(-c3ccccc3O)n2)cc1. The number of phenolic OH excluding ortho intramolecular Hbond substituents is 1. The van der Waals surface area contributed by atoms with Crippen LogP contribution >= 0.6 is 0 Å². The van der Waals surface area contributed by atoms with E-state index in [9.17, 15) is 5.11 Å². The normalized spacial score (nSPS) is 10.7. The lowest BCUT2D eigenvalue weighted by Gasteiger charge is -2.09. The highest BCUT2D eigenvalue weighted by atomic mass is 16.3. The number of aromatic hydroxyl groups is 1. The van der Waals surface area contributed by atoms with Gasteiger partial charge in [0.2, 0.25) is 0 Å². The van der Waals surface area contributed by atoms with Gasteiger partial charge in [0.05, 0.1) is 5.56 Å². The number of para-hydroxylation sites is 1. The van der Waals surface area contributed by atoms with Gasteiger partial charge in [0, 0.05) is 11.1 Å². The van der Waals surface area contributed by atoms with Crippen LogP contribution < -0.4 is 0 Å². The van der Waals surface area contributed by atoms with Gasteiger partial charge in [-0.25, -0.2) is 15.0 Å². The second kappa shape index (κ2) is 6.76. The number of nitrogens with zero attached hydrogens (tertiary/aromatic N) is 3. The summed E-state index contributed by atoms with van der Waals surface area (Å²) < 4.78 is 0. The Hall–Kier alpha value is -3.53. The lowest BCUT2D eigenvalue weighted by molar-refractivity contribution is 0.477. The van der Waals surface area contributed by atoms with E-state index >= 15 is 0 Å². The first-order valence-electron chi connectivity index (χ1n) is 8.37. The molecule has 4 rings (SSSR count). The summed E-state index contributed by atoms with van der Waals surface area (Å²) in [5.74, 6) is 1.76. The molecule has 0 saturated carbocycles. The molecular weight excluding hydrogens is 322 g/mol. The Balaban J connectivity index is 1.93. The highest BCUT2D eigenvalue weighted by molar-refractivity contribution is 5.69. The van der Waals surface area contributed by atoms with Crippen LogP contribution in [0.5, 0.6) is 5.75 Å². The number of aryl methyl sites for hydroxylation is 1. The van der Waals surface area contributed by atoms with E-state index in [1.165, 1.54) is 5.56 Å². The number of phenols is 1. The molecule has 1 N–H and O–H groups in total. The predicted octanol–water partition coefficient (Wildman–Crippen LogP) is 4.89. The summed E-state index contributed by atoms with van der Waals surface area (Å²) in [6, 6.07) is 24.9. The van der Waals surface area contributed by atoms with E-state index in [1.54, 1.807) is 18.2 Å². The van der Waals surface area contributed by atoms with Crippen molar-refractivity contribution in [3.05, 3.63) is 84.4 Å². The van der Waals surface area contributed by atoms with Crippen molar-refractivity contribution in [2.24, 2.45) is 0 Å². The summed E-state index contributed by atoms with van der Waals surface area (Å²) >= 11 is 0.